The predicted octanol–water partition coefficient (Wildman–Crippen LogP) is 12.4. The fraction of sp³-hybridized carbons (Fsp3) is 0.842. The third-order valence-corrected chi connectivity index (χ3v) is 8.18. The van der Waals surface area contributed by atoms with Crippen LogP contribution in [-0.4, -0.2) is 23.1 Å². The minimum atomic E-state index is -0.703. The lowest BCUT2D eigenvalue weighted by Gasteiger charge is -2.18. The van der Waals surface area contributed by atoms with E-state index in [1.54, 1.807) is 0 Å². The van der Waals surface area contributed by atoms with Gasteiger partial charge in [-0.3, -0.25) is 9.59 Å². The van der Waals surface area contributed by atoms with Crippen LogP contribution in [0.5, 0.6) is 0 Å². The normalized spacial score (nSPS) is 12.4. The smallest absolute Gasteiger partial charge is 0.306 e. The number of carboxylic acid groups (broad SMARTS) is 1. The van der Waals surface area contributed by atoms with Gasteiger partial charge in [-0.25, -0.2) is 0 Å². The summed E-state index contributed by atoms with van der Waals surface area (Å²) in [5, 5.41) is 8.73. The number of carbonyl (C=O) groups excluding carboxylic acids is 1. The van der Waals surface area contributed by atoms with Gasteiger partial charge in [0.1, 0.15) is 6.10 Å². The molecular weight excluding hydrogens is 520 g/mol. The van der Waals surface area contributed by atoms with Crippen molar-refractivity contribution in [3.63, 3.8) is 0 Å². The van der Waals surface area contributed by atoms with Crippen molar-refractivity contribution in [2.75, 3.05) is 0 Å². The van der Waals surface area contributed by atoms with Crippen LogP contribution in [0.1, 0.15) is 200 Å². The van der Waals surface area contributed by atoms with Crippen LogP contribution in [0.15, 0.2) is 24.3 Å². The maximum atomic E-state index is 12.4. The van der Waals surface area contributed by atoms with Crippen molar-refractivity contribution in [2.45, 2.75) is 206 Å². The van der Waals surface area contributed by atoms with Gasteiger partial charge in [-0.15, -0.1) is 0 Å². The van der Waals surface area contributed by atoms with Crippen LogP contribution in [0.25, 0.3) is 0 Å². The summed E-state index contributed by atoms with van der Waals surface area (Å²) in [5.74, 6) is -0.714. The third kappa shape index (κ3) is 32.9. The van der Waals surface area contributed by atoms with Crippen LogP contribution >= 0.6 is 0 Å². The summed E-state index contributed by atoms with van der Waals surface area (Å²) >= 11 is 0. The van der Waals surface area contributed by atoms with E-state index < -0.39 is 5.97 Å². The van der Waals surface area contributed by atoms with Crippen molar-refractivity contribution >= 4 is 11.9 Å². The van der Waals surface area contributed by atoms with Gasteiger partial charge in [0.05, 0.1) is 0 Å². The third-order valence-electron chi connectivity index (χ3n) is 8.18. The standard InChI is InChI=1S/C38H70O4/c1-3-5-7-8-9-10-11-12-13-14-15-16-17-18-19-20-21-22-23-27-31-35-38(41)42-36(32-28-6-4-2)33-29-25-24-26-30-34-37(39)40/h9-10,12-13,36H,3-8,11,14-35H2,1-2H3,(H,39,40)/b10-9-,13-12-. The number of esters is 1. The van der Waals surface area contributed by atoms with E-state index in [-0.39, 0.29) is 18.5 Å². The molecule has 0 aliphatic carbocycles. The van der Waals surface area contributed by atoms with Gasteiger partial charge in [0.2, 0.25) is 0 Å². The number of unbranched alkanes of at least 4 members (excludes halogenated alkanes) is 20. The van der Waals surface area contributed by atoms with E-state index in [1.165, 1.54) is 103 Å². The van der Waals surface area contributed by atoms with Gasteiger partial charge in [-0.1, -0.05) is 141 Å². The second kappa shape index (κ2) is 33.9. The molecule has 0 rings (SSSR count). The number of aliphatic carboxylic acids is 1. The fourth-order valence-electron chi connectivity index (χ4n) is 5.45. The lowest BCUT2D eigenvalue weighted by molar-refractivity contribution is -0.150. The van der Waals surface area contributed by atoms with Crippen molar-refractivity contribution in [1.82, 2.24) is 0 Å². The maximum Gasteiger partial charge on any atom is 0.306 e. The minimum Gasteiger partial charge on any atom is -0.481 e. The molecule has 0 fully saturated rings. The summed E-state index contributed by atoms with van der Waals surface area (Å²) in [6, 6.07) is 0. The monoisotopic (exact) mass is 591 g/mol. The second-order valence-corrected chi connectivity index (χ2v) is 12.4. The molecule has 0 aromatic carbocycles. The summed E-state index contributed by atoms with van der Waals surface area (Å²) < 4.78 is 5.88. The second-order valence-electron chi connectivity index (χ2n) is 12.4. The Morgan fingerprint density at radius 2 is 0.929 bits per heavy atom. The highest BCUT2D eigenvalue weighted by Crippen LogP contribution is 2.18. The molecule has 0 aromatic rings. The van der Waals surface area contributed by atoms with Crippen LogP contribution in [0, 0.1) is 0 Å². The Morgan fingerprint density at radius 3 is 1.45 bits per heavy atom. The van der Waals surface area contributed by atoms with Crippen LogP contribution in [0.4, 0.5) is 0 Å². The van der Waals surface area contributed by atoms with E-state index in [0.29, 0.717) is 6.42 Å². The number of allylic oxidation sites excluding steroid dienone is 4. The Hall–Kier alpha value is -1.58. The number of rotatable bonds is 33. The van der Waals surface area contributed by atoms with Gasteiger partial charge in [0.25, 0.3) is 0 Å². The first kappa shape index (κ1) is 40.4. The van der Waals surface area contributed by atoms with Crippen molar-refractivity contribution in [3.8, 4) is 0 Å². The zero-order chi connectivity index (χ0) is 30.8. The van der Waals surface area contributed by atoms with E-state index in [2.05, 4.69) is 38.2 Å². The van der Waals surface area contributed by atoms with Crippen LogP contribution < -0.4 is 0 Å². The largest absolute Gasteiger partial charge is 0.481 e. The molecule has 42 heavy (non-hydrogen) atoms. The van der Waals surface area contributed by atoms with Gasteiger partial charge in [0, 0.05) is 12.8 Å². The quantitative estimate of drug-likeness (QED) is 0.0469. The molecule has 1 unspecified atom stereocenters. The van der Waals surface area contributed by atoms with Gasteiger partial charge < -0.3 is 9.84 Å². The average Bonchev–Trinajstić information content (AvgIpc) is 2.97. The first-order valence-electron chi connectivity index (χ1n) is 18.3. The highest BCUT2D eigenvalue weighted by atomic mass is 16.5. The van der Waals surface area contributed by atoms with Crippen molar-refractivity contribution < 1.29 is 19.4 Å². The predicted molar refractivity (Wildman–Crippen MR) is 181 cm³/mol. The molecule has 0 spiro atoms. The molecule has 1 atom stereocenters. The molecular formula is C38H70O4. The summed E-state index contributed by atoms with van der Waals surface area (Å²) in [6.07, 6.45) is 42.3. The number of hydrogen-bond acceptors (Lipinski definition) is 3. The van der Waals surface area contributed by atoms with E-state index >= 15 is 0 Å². The van der Waals surface area contributed by atoms with Crippen molar-refractivity contribution in [1.29, 1.82) is 0 Å². The zero-order valence-electron chi connectivity index (χ0n) is 28.1. The summed E-state index contributed by atoms with van der Waals surface area (Å²) in [7, 11) is 0. The molecule has 0 saturated carbocycles. The molecule has 0 aromatic heterocycles. The molecule has 0 amide bonds. The molecule has 4 heteroatoms. The number of hydrogen-bond donors (Lipinski definition) is 1. The van der Waals surface area contributed by atoms with E-state index in [1.807, 2.05) is 0 Å². The first-order chi connectivity index (χ1) is 20.6. The number of carboxylic acids is 1. The molecule has 0 heterocycles. The van der Waals surface area contributed by atoms with Gasteiger partial charge in [0.15, 0.2) is 0 Å². The van der Waals surface area contributed by atoms with Gasteiger partial charge in [-0.05, 0) is 70.6 Å². The zero-order valence-corrected chi connectivity index (χ0v) is 28.1. The highest BCUT2D eigenvalue weighted by Gasteiger charge is 2.14. The minimum absolute atomic E-state index is 0.0110. The maximum absolute atomic E-state index is 12.4. The van der Waals surface area contributed by atoms with E-state index in [4.69, 9.17) is 9.84 Å². The Labute approximate surface area is 261 Å². The Bertz CT molecular complexity index is 639. The molecule has 1 N–H and O–H groups in total. The summed E-state index contributed by atoms with van der Waals surface area (Å²) in [4.78, 5) is 23.0. The SMILES string of the molecule is CCCCC/C=C\C/C=C\CCCCCCCCCCCCCC(=O)OC(CCCCC)CCCCCCCC(=O)O. The van der Waals surface area contributed by atoms with Gasteiger partial charge in [-0.2, -0.15) is 0 Å². The first-order valence-corrected chi connectivity index (χ1v) is 18.3. The Kier molecular flexibility index (Phi) is 32.6. The van der Waals surface area contributed by atoms with Gasteiger partial charge >= 0.3 is 11.9 Å². The van der Waals surface area contributed by atoms with Crippen LogP contribution in [0.2, 0.25) is 0 Å². The topological polar surface area (TPSA) is 63.6 Å². The van der Waals surface area contributed by atoms with Crippen LogP contribution in [0.3, 0.4) is 0 Å². The molecule has 0 radical (unpaired) electrons. The molecule has 4 nitrogen and oxygen atoms in total. The van der Waals surface area contributed by atoms with E-state index in [9.17, 15) is 9.59 Å². The fourth-order valence-corrected chi connectivity index (χ4v) is 5.45. The van der Waals surface area contributed by atoms with Crippen LogP contribution in [-0.2, 0) is 14.3 Å². The molecule has 0 aliphatic heterocycles. The lowest BCUT2D eigenvalue weighted by atomic mass is 10.0. The molecule has 0 aliphatic rings. The average molecular weight is 591 g/mol. The molecule has 0 saturated heterocycles. The van der Waals surface area contributed by atoms with E-state index in [0.717, 1.165) is 70.6 Å². The van der Waals surface area contributed by atoms with Crippen molar-refractivity contribution in [2.24, 2.45) is 0 Å². The number of carbonyl (C=O) groups is 2. The molecule has 246 valence electrons. The Balaban J connectivity index is 3.63. The molecule has 0 bridgehead atoms. The van der Waals surface area contributed by atoms with Crippen molar-refractivity contribution in [3.05, 3.63) is 24.3 Å². The number of ether oxygens (including phenoxy) is 1. The highest BCUT2D eigenvalue weighted by molar-refractivity contribution is 5.69. The lowest BCUT2D eigenvalue weighted by Crippen LogP contribution is -2.18. The summed E-state index contributed by atoms with van der Waals surface area (Å²) in [5.41, 5.74) is 0. The summed E-state index contributed by atoms with van der Waals surface area (Å²) in [6.45, 7) is 4.46. The Morgan fingerprint density at radius 1 is 0.524 bits per heavy atom.